The van der Waals surface area contributed by atoms with Crippen molar-refractivity contribution in [2.24, 2.45) is 11.3 Å². The molecule has 0 saturated carbocycles. The van der Waals surface area contributed by atoms with Gasteiger partial charge in [0.2, 0.25) is 18.2 Å². The summed E-state index contributed by atoms with van der Waals surface area (Å²) in [5.74, 6) is 4.56. The standard InChI is InChI=1S/C17H32N4O6/c1-2-17(10-22)11-26-16(27-12-17)21(8-7-14(23)19-18)20-15(24)6-5-13-4-3-9-25-13/h13,16,22H,2-12,18H2,1H3,(H,19,23)(H,20,24). The number of nitrogens with two attached hydrogens (primary N) is 1. The first-order valence-electron chi connectivity index (χ1n) is 9.53. The Balaban J connectivity index is 1.88. The molecule has 2 fully saturated rings. The highest BCUT2D eigenvalue weighted by Gasteiger charge is 2.37. The van der Waals surface area contributed by atoms with Crippen molar-refractivity contribution in [2.75, 3.05) is 33.0 Å². The molecule has 10 heteroatoms. The molecule has 2 saturated heterocycles. The van der Waals surface area contributed by atoms with Crippen molar-refractivity contribution >= 4 is 11.8 Å². The predicted molar refractivity (Wildman–Crippen MR) is 95.5 cm³/mol. The summed E-state index contributed by atoms with van der Waals surface area (Å²) in [5.41, 5.74) is 4.38. The maximum atomic E-state index is 12.3. The fourth-order valence-corrected chi connectivity index (χ4v) is 3.06. The van der Waals surface area contributed by atoms with Gasteiger partial charge in [-0.15, -0.1) is 0 Å². The van der Waals surface area contributed by atoms with Gasteiger partial charge in [-0.3, -0.25) is 20.4 Å². The van der Waals surface area contributed by atoms with Crippen molar-refractivity contribution in [1.82, 2.24) is 15.9 Å². The molecule has 27 heavy (non-hydrogen) atoms. The van der Waals surface area contributed by atoms with Crippen LogP contribution in [0.15, 0.2) is 0 Å². The van der Waals surface area contributed by atoms with Gasteiger partial charge in [0, 0.05) is 31.4 Å². The zero-order chi connectivity index (χ0) is 19.7. The van der Waals surface area contributed by atoms with Crippen molar-refractivity contribution in [3.05, 3.63) is 0 Å². The number of hydrogen-bond acceptors (Lipinski definition) is 8. The number of hydrogen-bond donors (Lipinski definition) is 4. The fourth-order valence-electron chi connectivity index (χ4n) is 3.06. The molecule has 5 N–H and O–H groups in total. The molecule has 2 aliphatic rings. The molecule has 10 nitrogen and oxygen atoms in total. The first kappa shape index (κ1) is 22.0. The molecule has 0 aromatic carbocycles. The van der Waals surface area contributed by atoms with Crippen LogP contribution in [0.1, 0.15) is 45.4 Å². The van der Waals surface area contributed by atoms with Crippen molar-refractivity contribution < 1.29 is 28.9 Å². The second-order valence-electron chi connectivity index (χ2n) is 7.16. The molecule has 2 heterocycles. The zero-order valence-corrected chi connectivity index (χ0v) is 15.9. The number of amides is 2. The number of hydrazine groups is 2. The minimum Gasteiger partial charge on any atom is -0.396 e. The SMILES string of the molecule is CCC1(CO)COC(N(CCC(=O)NN)NC(=O)CCC2CCCO2)OC1. The van der Waals surface area contributed by atoms with Gasteiger partial charge in [0.05, 0.1) is 25.9 Å². The van der Waals surface area contributed by atoms with Gasteiger partial charge in [-0.05, 0) is 25.7 Å². The van der Waals surface area contributed by atoms with Crippen molar-refractivity contribution in [3.63, 3.8) is 0 Å². The Morgan fingerprint density at radius 3 is 2.52 bits per heavy atom. The van der Waals surface area contributed by atoms with Crippen LogP contribution in [-0.2, 0) is 23.8 Å². The molecule has 2 aliphatic heterocycles. The average molecular weight is 388 g/mol. The van der Waals surface area contributed by atoms with E-state index in [0.717, 1.165) is 19.4 Å². The molecular formula is C17H32N4O6. The van der Waals surface area contributed by atoms with Gasteiger partial charge in [-0.1, -0.05) is 6.92 Å². The van der Waals surface area contributed by atoms with Gasteiger partial charge in [0.25, 0.3) is 0 Å². The number of aliphatic hydroxyl groups excluding tert-OH is 1. The Morgan fingerprint density at radius 1 is 1.22 bits per heavy atom. The molecule has 2 amide bonds. The third-order valence-corrected chi connectivity index (χ3v) is 5.13. The molecule has 0 radical (unpaired) electrons. The second kappa shape index (κ2) is 10.9. The quantitative estimate of drug-likeness (QED) is 0.221. The molecule has 0 bridgehead atoms. The minimum absolute atomic E-state index is 0.0421. The smallest absolute Gasteiger partial charge is 0.235 e. The predicted octanol–water partition coefficient (Wildman–Crippen LogP) is -0.622. The van der Waals surface area contributed by atoms with Crippen LogP contribution in [0.25, 0.3) is 0 Å². The number of nitrogens with zero attached hydrogens (tertiary/aromatic N) is 1. The molecule has 156 valence electrons. The van der Waals surface area contributed by atoms with E-state index in [4.69, 9.17) is 20.1 Å². The number of aliphatic hydroxyl groups is 1. The number of carbonyl (C=O) groups excluding carboxylic acids is 2. The van der Waals surface area contributed by atoms with E-state index in [1.54, 1.807) is 0 Å². The molecule has 1 atom stereocenters. The summed E-state index contributed by atoms with van der Waals surface area (Å²) in [7, 11) is 0. The lowest BCUT2D eigenvalue weighted by Gasteiger charge is -2.41. The van der Waals surface area contributed by atoms with E-state index in [0.29, 0.717) is 32.5 Å². The van der Waals surface area contributed by atoms with Crippen molar-refractivity contribution in [2.45, 2.75) is 58.0 Å². The van der Waals surface area contributed by atoms with Crippen LogP contribution in [0, 0.1) is 5.41 Å². The maximum Gasteiger partial charge on any atom is 0.235 e. The molecule has 0 spiro atoms. The lowest BCUT2D eigenvalue weighted by molar-refractivity contribution is -0.301. The van der Waals surface area contributed by atoms with E-state index in [1.165, 1.54) is 5.01 Å². The molecule has 0 aliphatic carbocycles. The minimum atomic E-state index is -0.825. The van der Waals surface area contributed by atoms with E-state index in [2.05, 4.69) is 10.9 Å². The van der Waals surface area contributed by atoms with Gasteiger partial charge in [-0.25, -0.2) is 5.84 Å². The van der Waals surface area contributed by atoms with Crippen LogP contribution in [0.4, 0.5) is 0 Å². The van der Waals surface area contributed by atoms with Crippen LogP contribution in [0.5, 0.6) is 0 Å². The molecule has 2 rings (SSSR count). The second-order valence-corrected chi connectivity index (χ2v) is 7.16. The number of rotatable bonds is 10. The summed E-state index contributed by atoms with van der Waals surface area (Å²) in [6.07, 6.45) is 3.05. The number of ether oxygens (including phenoxy) is 3. The van der Waals surface area contributed by atoms with Gasteiger partial charge >= 0.3 is 0 Å². The third kappa shape index (κ3) is 6.66. The van der Waals surface area contributed by atoms with Gasteiger partial charge in [0.1, 0.15) is 0 Å². The largest absolute Gasteiger partial charge is 0.396 e. The molecule has 0 aromatic heterocycles. The first-order chi connectivity index (χ1) is 13.0. The van der Waals surface area contributed by atoms with Gasteiger partial charge in [-0.2, -0.15) is 5.01 Å². The fraction of sp³-hybridized carbons (Fsp3) is 0.882. The Hall–Kier alpha value is -1.30. The lowest BCUT2D eigenvalue weighted by Crippen LogP contribution is -2.56. The van der Waals surface area contributed by atoms with E-state index in [1.807, 2.05) is 6.92 Å². The molecular weight excluding hydrogens is 356 g/mol. The third-order valence-electron chi connectivity index (χ3n) is 5.13. The van der Waals surface area contributed by atoms with Crippen LogP contribution in [0.2, 0.25) is 0 Å². The Kier molecular flexibility index (Phi) is 8.87. The van der Waals surface area contributed by atoms with Gasteiger partial charge < -0.3 is 19.3 Å². The van der Waals surface area contributed by atoms with Gasteiger partial charge in [0.15, 0.2) is 0 Å². The summed E-state index contributed by atoms with van der Waals surface area (Å²) in [6, 6.07) is 0. The van der Waals surface area contributed by atoms with Crippen molar-refractivity contribution in [3.8, 4) is 0 Å². The Morgan fingerprint density at radius 2 is 1.96 bits per heavy atom. The summed E-state index contributed by atoms with van der Waals surface area (Å²) < 4.78 is 17.0. The Bertz CT molecular complexity index is 472. The topological polar surface area (TPSA) is 135 Å². The summed E-state index contributed by atoms with van der Waals surface area (Å²) >= 11 is 0. The lowest BCUT2D eigenvalue weighted by atomic mass is 9.88. The molecule has 0 aromatic rings. The first-order valence-corrected chi connectivity index (χ1v) is 9.53. The van der Waals surface area contributed by atoms with Crippen molar-refractivity contribution in [1.29, 1.82) is 0 Å². The number of carbonyl (C=O) groups is 2. The average Bonchev–Trinajstić information content (AvgIpc) is 3.23. The van der Waals surface area contributed by atoms with E-state index in [9.17, 15) is 14.7 Å². The summed E-state index contributed by atoms with van der Waals surface area (Å²) in [5, 5.41) is 11.0. The highest BCUT2D eigenvalue weighted by Crippen LogP contribution is 2.28. The Labute approximate surface area is 159 Å². The summed E-state index contributed by atoms with van der Waals surface area (Å²) in [6.45, 7) is 3.45. The van der Waals surface area contributed by atoms with E-state index >= 15 is 0 Å². The highest BCUT2D eigenvalue weighted by atomic mass is 16.7. The molecule has 1 unspecified atom stereocenters. The normalized spacial score (nSPS) is 28.3. The van der Waals surface area contributed by atoms with Crippen LogP contribution < -0.4 is 16.7 Å². The maximum absolute atomic E-state index is 12.3. The summed E-state index contributed by atoms with van der Waals surface area (Å²) in [4.78, 5) is 23.8. The van der Waals surface area contributed by atoms with Crippen LogP contribution >= 0.6 is 0 Å². The highest BCUT2D eigenvalue weighted by molar-refractivity contribution is 5.76. The zero-order valence-electron chi connectivity index (χ0n) is 15.9. The van der Waals surface area contributed by atoms with Crippen LogP contribution in [-0.4, -0.2) is 67.4 Å². The number of nitrogens with one attached hydrogen (secondary N) is 2. The van der Waals surface area contributed by atoms with E-state index in [-0.39, 0.29) is 37.5 Å². The van der Waals surface area contributed by atoms with Crippen LogP contribution in [0.3, 0.4) is 0 Å². The van der Waals surface area contributed by atoms with E-state index < -0.39 is 11.8 Å². The monoisotopic (exact) mass is 388 g/mol.